The largest absolute Gasteiger partial charge is 0.481 e. The maximum absolute atomic E-state index is 12.6. The van der Waals surface area contributed by atoms with Crippen LogP contribution in [-0.2, 0) is 4.79 Å². The van der Waals surface area contributed by atoms with Crippen LogP contribution in [0.1, 0.15) is 33.6 Å². The van der Waals surface area contributed by atoms with Gasteiger partial charge in [-0.25, -0.2) is 0 Å². The number of carbonyl (C=O) groups excluding carboxylic acids is 1. The van der Waals surface area contributed by atoms with Crippen molar-refractivity contribution in [3.63, 3.8) is 0 Å². The van der Waals surface area contributed by atoms with Crippen molar-refractivity contribution in [1.29, 1.82) is 0 Å². The molecule has 1 amide bonds. The van der Waals surface area contributed by atoms with Crippen LogP contribution >= 0.6 is 27.5 Å². The number of nitrogens with zero attached hydrogens (tertiary/aromatic N) is 1. The van der Waals surface area contributed by atoms with Gasteiger partial charge in [-0.15, -0.1) is 0 Å². The van der Waals surface area contributed by atoms with Gasteiger partial charge in [0.05, 0.1) is 0 Å². The van der Waals surface area contributed by atoms with Gasteiger partial charge in [0.15, 0.2) is 6.10 Å². The highest BCUT2D eigenvalue weighted by Crippen LogP contribution is 2.20. The fraction of sp³-hybridized carbons (Fsp3) is 0.562. The summed E-state index contributed by atoms with van der Waals surface area (Å²) in [6, 6.07) is 7.37. The maximum Gasteiger partial charge on any atom is 0.263 e. The second-order valence-electron chi connectivity index (χ2n) is 4.91. The molecule has 21 heavy (non-hydrogen) atoms. The van der Waals surface area contributed by atoms with Crippen LogP contribution < -0.4 is 4.74 Å². The van der Waals surface area contributed by atoms with Crippen LogP contribution in [-0.4, -0.2) is 34.8 Å². The van der Waals surface area contributed by atoms with Gasteiger partial charge in [-0.2, -0.15) is 0 Å². The first kappa shape index (κ1) is 18.3. The summed E-state index contributed by atoms with van der Waals surface area (Å²) in [5.41, 5.74) is 0. The van der Waals surface area contributed by atoms with E-state index in [0.29, 0.717) is 17.3 Å². The zero-order valence-electron chi connectivity index (χ0n) is 12.8. The zero-order valence-corrected chi connectivity index (χ0v) is 15.2. The highest BCUT2D eigenvalue weighted by molar-refractivity contribution is 9.09. The van der Waals surface area contributed by atoms with E-state index in [9.17, 15) is 4.79 Å². The number of benzene rings is 1. The Morgan fingerprint density at radius 3 is 2.57 bits per heavy atom. The Morgan fingerprint density at radius 2 is 2.05 bits per heavy atom. The van der Waals surface area contributed by atoms with Crippen molar-refractivity contribution in [2.24, 2.45) is 0 Å². The molecular formula is C16H23BrClNO2. The molecule has 0 spiro atoms. The average molecular weight is 377 g/mol. The lowest BCUT2D eigenvalue weighted by molar-refractivity contribution is -0.140. The molecule has 3 nitrogen and oxygen atoms in total. The van der Waals surface area contributed by atoms with Gasteiger partial charge < -0.3 is 9.64 Å². The summed E-state index contributed by atoms with van der Waals surface area (Å²) in [6.45, 7) is 6.68. The van der Waals surface area contributed by atoms with Gasteiger partial charge >= 0.3 is 0 Å². The summed E-state index contributed by atoms with van der Waals surface area (Å²) in [4.78, 5) is 14.5. The number of hydrogen-bond donors (Lipinski definition) is 0. The molecule has 0 bridgehead atoms. The molecule has 1 aromatic carbocycles. The minimum atomic E-state index is -0.525. The van der Waals surface area contributed by atoms with Gasteiger partial charge in [-0.3, -0.25) is 4.79 Å². The molecule has 0 N–H and O–H groups in total. The predicted molar refractivity (Wildman–Crippen MR) is 91.4 cm³/mol. The highest BCUT2D eigenvalue weighted by Gasteiger charge is 2.26. The van der Waals surface area contributed by atoms with Crippen molar-refractivity contribution < 1.29 is 9.53 Å². The number of alkyl halides is 1. The second-order valence-corrected chi connectivity index (χ2v) is 6.14. The Hall–Kier alpha value is -0.740. The lowest BCUT2D eigenvalue weighted by atomic mass is 10.1. The molecule has 0 aliphatic carbocycles. The van der Waals surface area contributed by atoms with E-state index in [1.54, 1.807) is 19.1 Å². The Balaban J connectivity index is 2.77. The summed E-state index contributed by atoms with van der Waals surface area (Å²) < 4.78 is 5.73. The van der Waals surface area contributed by atoms with Crippen LogP contribution in [0.25, 0.3) is 0 Å². The number of halogens is 2. The summed E-state index contributed by atoms with van der Waals surface area (Å²) in [5, 5.41) is 1.36. The number of hydrogen-bond acceptors (Lipinski definition) is 2. The lowest BCUT2D eigenvalue weighted by Gasteiger charge is -2.32. The van der Waals surface area contributed by atoms with E-state index in [4.69, 9.17) is 16.3 Å². The molecule has 0 aromatic heterocycles. The molecule has 5 heteroatoms. The SMILES string of the molecule is CCC(CC)N(CCBr)C(=O)C(C)Oc1cccc(Cl)c1. The van der Waals surface area contributed by atoms with Crippen molar-refractivity contribution in [3.8, 4) is 5.75 Å². The number of carbonyl (C=O) groups is 1. The zero-order chi connectivity index (χ0) is 15.8. The highest BCUT2D eigenvalue weighted by atomic mass is 79.9. The van der Waals surface area contributed by atoms with E-state index in [1.807, 2.05) is 17.0 Å². The molecule has 0 saturated carbocycles. The van der Waals surface area contributed by atoms with Crippen molar-refractivity contribution in [1.82, 2.24) is 4.90 Å². The first-order valence-corrected chi connectivity index (χ1v) is 8.82. The van der Waals surface area contributed by atoms with Gasteiger partial charge in [0, 0.05) is 22.9 Å². The Labute approximate surface area is 140 Å². The average Bonchev–Trinajstić information content (AvgIpc) is 2.46. The van der Waals surface area contributed by atoms with Crippen LogP contribution in [0.4, 0.5) is 0 Å². The van der Waals surface area contributed by atoms with Crippen molar-refractivity contribution in [2.45, 2.75) is 45.8 Å². The standard InChI is InChI=1S/C16H23BrClNO2/c1-4-14(5-2)19(10-9-17)16(20)12(3)21-15-8-6-7-13(18)11-15/h6-8,11-12,14H,4-5,9-10H2,1-3H3. The third-order valence-corrected chi connectivity index (χ3v) is 4.04. The van der Waals surface area contributed by atoms with Crippen LogP contribution in [0.3, 0.4) is 0 Å². The van der Waals surface area contributed by atoms with Crippen LogP contribution in [0, 0.1) is 0 Å². The third-order valence-electron chi connectivity index (χ3n) is 3.45. The monoisotopic (exact) mass is 375 g/mol. The van der Waals surface area contributed by atoms with Gasteiger partial charge in [-0.05, 0) is 38.0 Å². The molecule has 0 radical (unpaired) electrons. The molecule has 118 valence electrons. The normalized spacial score (nSPS) is 12.3. The van der Waals surface area contributed by atoms with E-state index < -0.39 is 6.10 Å². The van der Waals surface area contributed by atoms with Crippen molar-refractivity contribution >= 4 is 33.4 Å². The fourth-order valence-corrected chi connectivity index (χ4v) is 2.88. The van der Waals surface area contributed by atoms with E-state index in [-0.39, 0.29) is 11.9 Å². The minimum absolute atomic E-state index is 0.0168. The van der Waals surface area contributed by atoms with Crippen LogP contribution in [0.2, 0.25) is 5.02 Å². The molecule has 1 aromatic rings. The van der Waals surface area contributed by atoms with E-state index in [2.05, 4.69) is 29.8 Å². The molecule has 1 rings (SSSR count). The minimum Gasteiger partial charge on any atom is -0.481 e. The molecule has 0 aliphatic rings. The third kappa shape index (κ3) is 5.51. The lowest BCUT2D eigenvalue weighted by Crippen LogP contribution is -2.47. The molecule has 0 heterocycles. The first-order valence-electron chi connectivity index (χ1n) is 7.32. The Kier molecular flexibility index (Phi) is 8.12. The van der Waals surface area contributed by atoms with Crippen LogP contribution in [0.15, 0.2) is 24.3 Å². The van der Waals surface area contributed by atoms with Crippen molar-refractivity contribution in [2.75, 3.05) is 11.9 Å². The van der Waals surface area contributed by atoms with Gasteiger partial charge in [-0.1, -0.05) is 47.4 Å². The summed E-state index contributed by atoms with van der Waals surface area (Å²) >= 11 is 9.35. The van der Waals surface area contributed by atoms with E-state index >= 15 is 0 Å². The van der Waals surface area contributed by atoms with E-state index in [1.165, 1.54) is 0 Å². The summed E-state index contributed by atoms with van der Waals surface area (Å²) in [7, 11) is 0. The topological polar surface area (TPSA) is 29.5 Å². The smallest absolute Gasteiger partial charge is 0.263 e. The van der Waals surface area contributed by atoms with Crippen molar-refractivity contribution in [3.05, 3.63) is 29.3 Å². The summed E-state index contributed by atoms with van der Waals surface area (Å²) in [5.74, 6) is 0.634. The Bertz CT molecular complexity index is 452. The Morgan fingerprint density at radius 1 is 1.38 bits per heavy atom. The quantitative estimate of drug-likeness (QED) is 0.624. The second kappa shape index (κ2) is 9.31. The molecular weight excluding hydrogens is 354 g/mol. The molecule has 0 aliphatic heterocycles. The predicted octanol–water partition coefficient (Wildman–Crippen LogP) is 4.52. The van der Waals surface area contributed by atoms with Crippen LogP contribution in [0.5, 0.6) is 5.75 Å². The number of ether oxygens (including phenoxy) is 1. The van der Waals surface area contributed by atoms with Gasteiger partial charge in [0.25, 0.3) is 5.91 Å². The molecule has 0 saturated heterocycles. The maximum atomic E-state index is 12.6. The van der Waals surface area contributed by atoms with E-state index in [0.717, 1.165) is 18.2 Å². The summed E-state index contributed by atoms with van der Waals surface area (Å²) in [6.07, 6.45) is 1.36. The molecule has 1 unspecified atom stereocenters. The van der Waals surface area contributed by atoms with Gasteiger partial charge in [0.1, 0.15) is 5.75 Å². The van der Waals surface area contributed by atoms with Gasteiger partial charge in [0.2, 0.25) is 0 Å². The number of rotatable bonds is 8. The molecule has 0 fully saturated rings. The first-order chi connectivity index (χ1) is 10.0. The fourth-order valence-electron chi connectivity index (χ4n) is 2.32. The molecule has 1 atom stereocenters. The number of amides is 1.